The topological polar surface area (TPSA) is 79.3 Å². The molecule has 7 heteroatoms. The van der Waals surface area contributed by atoms with E-state index >= 15 is 0 Å². The lowest BCUT2D eigenvalue weighted by Crippen LogP contribution is -2.39. The largest absolute Gasteiger partial charge is 0.328 e. The summed E-state index contributed by atoms with van der Waals surface area (Å²) >= 11 is 0. The van der Waals surface area contributed by atoms with Gasteiger partial charge in [-0.25, -0.2) is 9.97 Å². The van der Waals surface area contributed by atoms with Gasteiger partial charge in [0.25, 0.3) is 5.91 Å². The summed E-state index contributed by atoms with van der Waals surface area (Å²) < 4.78 is 0. The molecule has 2 aliphatic heterocycles. The molecule has 2 fully saturated rings. The molecule has 7 nitrogen and oxygen atoms in total. The Kier molecular flexibility index (Phi) is 6.13. The van der Waals surface area contributed by atoms with Crippen LogP contribution >= 0.6 is 0 Å². The quantitative estimate of drug-likeness (QED) is 0.697. The number of aryl methyl sites for hydroxylation is 2. The van der Waals surface area contributed by atoms with Crippen molar-refractivity contribution in [3.63, 3.8) is 0 Å². The molecule has 5 rings (SSSR count). The zero-order chi connectivity index (χ0) is 22.9. The first kappa shape index (κ1) is 22.0. The number of pyridine rings is 1. The fourth-order valence-electron chi connectivity index (χ4n) is 5.57. The monoisotopic (exact) mass is 447 g/mol. The fraction of sp³-hybridized carbons (Fsp3) is 0.577. The minimum absolute atomic E-state index is 0.0240. The van der Waals surface area contributed by atoms with Crippen molar-refractivity contribution in [2.75, 3.05) is 18.0 Å². The normalized spacial score (nSPS) is 21.4. The molecule has 1 aliphatic carbocycles. The van der Waals surface area contributed by atoms with Crippen LogP contribution in [0, 0.1) is 19.8 Å². The van der Waals surface area contributed by atoms with Crippen molar-refractivity contribution < 1.29 is 9.59 Å². The van der Waals surface area contributed by atoms with Crippen molar-refractivity contribution in [2.45, 2.75) is 77.7 Å². The lowest BCUT2D eigenvalue weighted by Gasteiger charge is -2.35. The molecule has 0 spiro atoms. The number of carbonyl (C=O) groups excluding carboxylic acids is 2. The SMILES string of the molecule is Cc1ccc(C(=O)N2CCCCC2c2nc(C)c3c(n2)N(CC2CCCCC2)C(=O)C3)cn1. The molecular weight excluding hydrogens is 414 g/mol. The Morgan fingerprint density at radius 3 is 2.58 bits per heavy atom. The van der Waals surface area contributed by atoms with Crippen LogP contribution in [-0.2, 0) is 11.2 Å². The van der Waals surface area contributed by atoms with Gasteiger partial charge in [0, 0.05) is 36.2 Å². The Hall–Kier alpha value is -2.83. The van der Waals surface area contributed by atoms with Crippen LogP contribution in [0.15, 0.2) is 18.3 Å². The van der Waals surface area contributed by atoms with Crippen molar-refractivity contribution in [1.82, 2.24) is 19.9 Å². The average molecular weight is 448 g/mol. The summed E-state index contributed by atoms with van der Waals surface area (Å²) in [5.74, 6) is 2.11. The number of rotatable bonds is 4. The van der Waals surface area contributed by atoms with Gasteiger partial charge in [0.1, 0.15) is 5.82 Å². The van der Waals surface area contributed by atoms with E-state index in [2.05, 4.69) is 4.98 Å². The van der Waals surface area contributed by atoms with E-state index in [1.165, 1.54) is 32.1 Å². The predicted molar refractivity (Wildman–Crippen MR) is 126 cm³/mol. The minimum atomic E-state index is -0.177. The second-order valence-electron chi connectivity index (χ2n) is 9.85. The summed E-state index contributed by atoms with van der Waals surface area (Å²) in [6.07, 6.45) is 11.0. The summed E-state index contributed by atoms with van der Waals surface area (Å²) in [5, 5.41) is 0. The lowest BCUT2D eigenvalue weighted by molar-refractivity contribution is -0.117. The number of hydrogen-bond donors (Lipinski definition) is 0. The zero-order valence-corrected chi connectivity index (χ0v) is 19.7. The van der Waals surface area contributed by atoms with Crippen LogP contribution in [0.1, 0.15) is 90.5 Å². The number of nitrogens with zero attached hydrogens (tertiary/aromatic N) is 5. The third-order valence-corrected chi connectivity index (χ3v) is 7.48. The maximum absolute atomic E-state index is 13.4. The maximum atomic E-state index is 13.4. The number of likely N-dealkylation sites (tertiary alicyclic amines) is 1. The van der Waals surface area contributed by atoms with Crippen LogP contribution in [-0.4, -0.2) is 44.8 Å². The predicted octanol–water partition coefficient (Wildman–Crippen LogP) is 4.33. The van der Waals surface area contributed by atoms with Crippen molar-refractivity contribution in [3.05, 3.63) is 46.7 Å². The second-order valence-corrected chi connectivity index (χ2v) is 9.85. The van der Waals surface area contributed by atoms with Gasteiger partial charge in [-0.3, -0.25) is 19.5 Å². The highest BCUT2D eigenvalue weighted by Gasteiger charge is 2.36. The van der Waals surface area contributed by atoms with E-state index in [0.29, 0.717) is 30.3 Å². The molecule has 33 heavy (non-hydrogen) atoms. The molecule has 0 N–H and O–H groups in total. The third-order valence-electron chi connectivity index (χ3n) is 7.48. The Labute approximate surface area is 195 Å². The molecule has 4 heterocycles. The molecule has 1 atom stereocenters. The molecule has 2 aromatic rings. The van der Waals surface area contributed by atoms with Gasteiger partial charge in [0.2, 0.25) is 5.91 Å². The Balaban J connectivity index is 1.44. The van der Waals surface area contributed by atoms with Crippen LogP contribution in [0.4, 0.5) is 5.82 Å². The molecule has 174 valence electrons. The molecule has 1 unspecified atom stereocenters. The number of fused-ring (bicyclic) bond motifs is 1. The summed E-state index contributed by atoms with van der Waals surface area (Å²) in [4.78, 5) is 44.2. The van der Waals surface area contributed by atoms with Gasteiger partial charge in [0.05, 0.1) is 18.0 Å². The van der Waals surface area contributed by atoms with Crippen LogP contribution < -0.4 is 4.90 Å². The van der Waals surface area contributed by atoms with E-state index in [1.807, 2.05) is 35.8 Å². The van der Waals surface area contributed by atoms with Gasteiger partial charge in [0.15, 0.2) is 5.82 Å². The molecule has 3 aliphatic rings. The molecule has 0 radical (unpaired) electrons. The number of aromatic nitrogens is 3. The molecule has 2 amide bonds. The molecule has 1 saturated heterocycles. The first-order valence-electron chi connectivity index (χ1n) is 12.4. The summed E-state index contributed by atoms with van der Waals surface area (Å²) in [5.41, 5.74) is 3.31. The van der Waals surface area contributed by atoms with Gasteiger partial charge in [-0.2, -0.15) is 0 Å². The first-order valence-corrected chi connectivity index (χ1v) is 12.4. The van der Waals surface area contributed by atoms with Crippen LogP contribution in [0.25, 0.3) is 0 Å². The van der Waals surface area contributed by atoms with Gasteiger partial charge in [-0.1, -0.05) is 19.3 Å². The van der Waals surface area contributed by atoms with Gasteiger partial charge < -0.3 is 4.90 Å². The van der Waals surface area contributed by atoms with Crippen molar-refractivity contribution >= 4 is 17.6 Å². The van der Waals surface area contributed by atoms with Crippen LogP contribution in [0.5, 0.6) is 0 Å². The van der Waals surface area contributed by atoms with E-state index in [1.54, 1.807) is 6.20 Å². The van der Waals surface area contributed by atoms with Gasteiger partial charge in [-0.15, -0.1) is 0 Å². The minimum Gasteiger partial charge on any atom is -0.328 e. The third kappa shape index (κ3) is 4.37. The zero-order valence-electron chi connectivity index (χ0n) is 19.7. The molecular formula is C26H33N5O2. The van der Waals surface area contributed by atoms with Gasteiger partial charge >= 0.3 is 0 Å². The number of piperidine rings is 1. The van der Waals surface area contributed by atoms with E-state index in [-0.39, 0.29) is 17.9 Å². The highest BCUT2D eigenvalue weighted by Crippen LogP contribution is 2.36. The average Bonchev–Trinajstić information content (AvgIpc) is 3.15. The number of amides is 2. The van der Waals surface area contributed by atoms with E-state index in [0.717, 1.165) is 48.6 Å². The Morgan fingerprint density at radius 1 is 1.03 bits per heavy atom. The number of carbonyl (C=O) groups is 2. The summed E-state index contributed by atoms with van der Waals surface area (Å²) in [6.45, 7) is 5.32. The highest BCUT2D eigenvalue weighted by molar-refractivity contribution is 6.00. The molecule has 0 aromatic carbocycles. The number of hydrogen-bond acceptors (Lipinski definition) is 5. The van der Waals surface area contributed by atoms with Crippen molar-refractivity contribution in [2.24, 2.45) is 5.92 Å². The lowest BCUT2D eigenvalue weighted by atomic mass is 9.89. The van der Waals surface area contributed by atoms with E-state index < -0.39 is 0 Å². The van der Waals surface area contributed by atoms with Gasteiger partial charge in [-0.05, 0) is 64.0 Å². The molecule has 2 aromatic heterocycles. The fourth-order valence-corrected chi connectivity index (χ4v) is 5.57. The van der Waals surface area contributed by atoms with E-state index in [4.69, 9.17) is 9.97 Å². The summed E-state index contributed by atoms with van der Waals surface area (Å²) in [6, 6.07) is 3.54. The molecule has 1 saturated carbocycles. The van der Waals surface area contributed by atoms with E-state index in [9.17, 15) is 9.59 Å². The van der Waals surface area contributed by atoms with Crippen LogP contribution in [0.2, 0.25) is 0 Å². The van der Waals surface area contributed by atoms with Crippen molar-refractivity contribution in [3.8, 4) is 0 Å². The van der Waals surface area contributed by atoms with Crippen molar-refractivity contribution in [1.29, 1.82) is 0 Å². The maximum Gasteiger partial charge on any atom is 0.256 e. The summed E-state index contributed by atoms with van der Waals surface area (Å²) in [7, 11) is 0. The Morgan fingerprint density at radius 2 is 1.82 bits per heavy atom. The smallest absolute Gasteiger partial charge is 0.256 e. The number of anilines is 1. The van der Waals surface area contributed by atoms with Crippen LogP contribution in [0.3, 0.4) is 0 Å². The molecule has 0 bridgehead atoms. The second kappa shape index (κ2) is 9.20. The first-order chi connectivity index (χ1) is 16.0. The standard InChI is InChI=1S/C26H33N5O2/c1-17-11-12-20(15-27-17)26(33)30-13-7-6-10-22(30)24-28-18(2)21-14-23(32)31(25(21)29-24)16-19-8-4-3-5-9-19/h11-12,15,19,22H,3-10,13-14,16H2,1-2H3. The Bertz CT molecular complexity index is 1050. The highest BCUT2D eigenvalue weighted by atomic mass is 16.2.